The van der Waals surface area contributed by atoms with Crippen molar-refractivity contribution in [3.63, 3.8) is 0 Å². The van der Waals surface area contributed by atoms with Gasteiger partial charge in [-0.15, -0.1) is 24.8 Å². The minimum atomic E-state index is 0. The van der Waals surface area contributed by atoms with Crippen molar-refractivity contribution in [2.24, 2.45) is 5.73 Å². The number of hydrogen-bond donors (Lipinski definition) is 1. The van der Waals surface area contributed by atoms with Gasteiger partial charge in [-0.25, -0.2) is 9.97 Å². The minimum absolute atomic E-state index is 0. The maximum absolute atomic E-state index is 5.50. The van der Waals surface area contributed by atoms with E-state index >= 15 is 0 Å². The predicted molar refractivity (Wildman–Crippen MR) is 112 cm³/mol. The van der Waals surface area contributed by atoms with Crippen molar-refractivity contribution in [1.82, 2.24) is 25.0 Å². The maximum atomic E-state index is 5.50. The van der Waals surface area contributed by atoms with Crippen LogP contribution in [0.25, 0.3) is 11.4 Å². The van der Waals surface area contributed by atoms with Crippen LogP contribution in [0.3, 0.4) is 0 Å². The molecule has 0 atom stereocenters. The Balaban J connectivity index is 0.00000140. The Morgan fingerprint density at radius 3 is 2.39 bits per heavy atom. The molecule has 150 valence electrons. The summed E-state index contributed by atoms with van der Waals surface area (Å²) in [6, 6.07) is 12.0. The molecule has 2 N–H and O–H groups in total. The van der Waals surface area contributed by atoms with Crippen LogP contribution in [-0.4, -0.2) is 51.2 Å². The molecule has 1 saturated heterocycles. The molecule has 28 heavy (non-hydrogen) atoms. The topological polar surface area (TPSA) is 97.2 Å². The molecule has 3 heterocycles. The monoisotopic (exact) mass is 423 g/mol. The van der Waals surface area contributed by atoms with Crippen LogP contribution in [0.15, 0.2) is 47.1 Å². The zero-order valence-corrected chi connectivity index (χ0v) is 16.9. The van der Waals surface area contributed by atoms with Crippen molar-refractivity contribution in [3.05, 3.63) is 54.3 Å². The highest BCUT2D eigenvalue weighted by Gasteiger charge is 2.20. The predicted octanol–water partition coefficient (Wildman–Crippen LogP) is 2.15. The first-order valence-electron chi connectivity index (χ1n) is 8.69. The molecule has 0 unspecified atom stereocenters. The Labute approximate surface area is 176 Å². The summed E-state index contributed by atoms with van der Waals surface area (Å²) in [5, 5.41) is 3.96. The highest BCUT2D eigenvalue weighted by Crippen LogP contribution is 2.19. The summed E-state index contributed by atoms with van der Waals surface area (Å²) in [7, 11) is 0. The zero-order chi connectivity index (χ0) is 17.8. The average Bonchev–Trinajstić information content (AvgIpc) is 3.17. The van der Waals surface area contributed by atoms with E-state index < -0.39 is 0 Å². The Hall–Kier alpha value is -2.26. The molecule has 1 aliphatic rings. The first kappa shape index (κ1) is 22.0. The zero-order valence-electron chi connectivity index (χ0n) is 15.3. The first-order chi connectivity index (χ1) is 12.8. The van der Waals surface area contributed by atoms with Gasteiger partial charge in [-0.1, -0.05) is 35.5 Å². The Morgan fingerprint density at radius 2 is 1.71 bits per heavy atom. The van der Waals surface area contributed by atoms with E-state index in [-0.39, 0.29) is 31.4 Å². The van der Waals surface area contributed by atoms with Crippen LogP contribution in [0.4, 0.5) is 5.82 Å². The summed E-state index contributed by atoms with van der Waals surface area (Å²) in [6.07, 6.45) is 1.82. The van der Waals surface area contributed by atoms with E-state index in [0.29, 0.717) is 18.3 Å². The van der Waals surface area contributed by atoms with Crippen molar-refractivity contribution in [1.29, 1.82) is 0 Å². The van der Waals surface area contributed by atoms with Crippen molar-refractivity contribution >= 4 is 30.6 Å². The Bertz CT molecular complexity index is 854. The van der Waals surface area contributed by atoms with E-state index in [0.717, 1.165) is 43.4 Å². The number of rotatable bonds is 5. The summed E-state index contributed by atoms with van der Waals surface area (Å²) in [5.74, 6) is 2.88. The van der Waals surface area contributed by atoms with Gasteiger partial charge in [0.2, 0.25) is 5.89 Å². The highest BCUT2D eigenvalue weighted by molar-refractivity contribution is 5.85. The summed E-state index contributed by atoms with van der Waals surface area (Å²) < 4.78 is 5.06. The second kappa shape index (κ2) is 10.3. The van der Waals surface area contributed by atoms with Gasteiger partial charge in [0, 0.05) is 37.9 Å². The fourth-order valence-corrected chi connectivity index (χ4v) is 3.02. The van der Waals surface area contributed by atoms with Gasteiger partial charge in [0.05, 0.1) is 13.1 Å². The molecule has 1 aromatic carbocycles. The minimum Gasteiger partial charge on any atom is -0.354 e. The maximum Gasteiger partial charge on any atom is 0.240 e. The molecular weight excluding hydrogens is 401 g/mol. The van der Waals surface area contributed by atoms with Crippen LogP contribution in [0.1, 0.15) is 11.7 Å². The number of nitrogens with zero attached hydrogens (tertiary/aromatic N) is 6. The molecule has 8 nitrogen and oxygen atoms in total. The smallest absolute Gasteiger partial charge is 0.240 e. The van der Waals surface area contributed by atoms with Gasteiger partial charge in [0.25, 0.3) is 0 Å². The van der Waals surface area contributed by atoms with Crippen molar-refractivity contribution < 1.29 is 4.52 Å². The van der Waals surface area contributed by atoms with Gasteiger partial charge in [-0.05, 0) is 6.07 Å². The first-order valence-corrected chi connectivity index (χ1v) is 8.69. The second-order valence-electron chi connectivity index (χ2n) is 6.18. The summed E-state index contributed by atoms with van der Waals surface area (Å²) in [6.45, 7) is 4.57. The fourth-order valence-electron chi connectivity index (χ4n) is 3.02. The molecule has 0 amide bonds. The number of benzene rings is 1. The number of hydrogen-bond acceptors (Lipinski definition) is 8. The third-order valence-corrected chi connectivity index (χ3v) is 4.42. The standard InChI is InChI=1S/C18H21N7O.2ClH/c19-12-17-21-15(23-26-17)13-24-8-10-25(11-9-24)16-6-7-20-18(22-16)14-4-2-1-3-5-14;;/h1-7H,8-13,19H2;2*1H. The molecule has 0 spiro atoms. The van der Waals surface area contributed by atoms with Crippen LogP contribution in [0.2, 0.25) is 0 Å². The third kappa shape index (κ3) is 5.17. The van der Waals surface area contributed by atoms with E-state index in [4.69, 9.17) is 15.2 Å². The lowest BCUT2D eigenvalue weighted by Gasteiger charge is -2.34. The highest BCUT2D eigenvalue weighted by atomic mass is 35.5. The lowest BCUT2D eigenvalue weighted by molar-refractivity contribution is 0.239. The number of nitrogens with two attached hydrogens (primary N) is 1. The van der Waals surface area contributed by atoms with E-state index in [1.54, 1.807) is 0 Å². The van der Waals surface area contributed by atoms with Crippen molar-refractivity contribution in [2.45, 2.75) is 13.1 Å². The summed E-state index contributed by atoms with van der Waals surface area (Å²) in [5.41, 5.74) is 6.53. The van der Waals surface area contributed by atoms with Gasteiger partial charge in [-0.2, -0.15) is 4.98 Å². The molecule has 2 aromatic heterocycles. The lowest BCUT2D eigenvalue weighted by Crippen LogP contribution is -2.46. The molecule has 3 aromatic rings. The van der Waals surface area contributed by atoms with Crippen LogP contribution in [0.5, 0.6) is 0 Å². The number of aromatic nitrogens is 4. The lowest BCUT2D eigenvalue weighted by atomic mass is 10.2. The SMILES string of the molecule is Cl.Cl.NCc1nc(CN2CCN(c3ccnc(-c4ccccc4)n3)CC2)no1. The van der Waals surface area contributed by atoms with Gasteiger partial charge >= 0.3 is 0 Å². The van der Waals surface area contributed by atoms with Crippen LogP contribution >= 0.6 is 24.8 Å². The van der Waals surface area contributed by atoms with Crippen molar-refractivity contribution in [3.8, 4) is 11.4 Å². The molecular formula is C18H23Cl2N7O. The molecule has 1 aliphatic heterocycles. The molecule has 4 rings (SSSR count). The molecule has 10 heteroatoms. The quantitative estimate of drug-likeness (QED) is 0.666. The van der Waals surface area contributed by atoms with Gasteiger partial charge in [-0.3, -0.25) is 4.90 Å². The largest absolute Gasteiger partial charge is 0.354 e. The average molecular weight is 424 g/mol. The van der Waals surface area contributed by atoms with E-state index in [9.17, 15) is 0 Å². The second-order valence-corrected chi connectivity index (χ2v) is 6.18. The van der Waals surface area contributed by atoms with Crippen LogP contribution in [0, 0.1) is 0 Å². The van der Waals surface area contributed by atoms with E-state index in [2.05, 4.69) is 24.9 Å². The molecule has 0 radical (unpaired) electrons. The number of halogens is 2. The van der Waals surface area contributed by atoms with Gasteiger partial charge < -0.3 is 15.2 Å². The van der Waals surface area contributed by atoms with E-state index in [1.807, 2.05) is 42.6 Å². The number of piperazine rings is 1. The van der Waals surface area contributed by atoms with Gasteiger partial charge in [0.15, 0.2) is 11.6 Å². The Morgan fingerprint density at radius 1 is 0.964 bits per heavy atom. The molecule has 0 aliphatic carbocycles. The molecule has 1 fully saturated rings. The van der Waals surface area contributed by atoms with Crippen LogP contribution in [-0.2, 0) is 13.1 Å². The normalized spacial score (nSPS) is 14.2. The van der Waals surface area contributed by atoms with Crippen molar-refractivity contribution in [2.75, 3.05) is 31.1 Å². The number of anilines is 1. The summed E-state index contributed by atoms with van der Waals surface area (Å²) in [4.78, 5) is 18.0. The fraction of sp³-hybridized carbons (Fsp3) is 0.333. The third-order valence-electron chi connectivity index (χ3n) is 4.42. The molecule has 0 saturated carbocycles. The summed E-state index contributed by atoms with van der Waals surface area (Å²) >= 11 is 0. The van der Waals surface area contributed by atoms with Gasteiger partial charge in [0.1, 0.15) is 5.82 Å². The van der Waals surface area contributed by atoms with Crippen LogP contribution < -0.4 is 10.6 Å². The van der Waals surface area contributed by atoms with E-state index in [1.165, 1.54) is 0 Å². The Kier molecular flexibility index (Phi) is 8.13. The molecule has 0 bridgehead atoms.